The molecular formula is C17H17NO. The Morgan fingerprint density at radius 2 is 1.47 bits per heavy atom. The van der Waals surface area contributed by atoms with Gasteiger partial charge < -0.3 is 4.90 Å². The average molecular weight is 251 g/mol. The van der Waals surface area contributed by atoms with E-state index in [1.54, 1.807) is 12.3 Å². The van der Waals surface area contributed by atoms with Crippen molar-refractivity contribution >= 4 is 5.78 Å². The van der Waals surface area contributed by atoms with Gasteiger partial charge in [0.2, 0.25) is 0 Å². The fourth-order valence-corrected chi connectivity index (χ4v) is 1.77. The number of benzene rings is 2. The van der Waals surface area contributed by atoms with Crippen LogP contribution in [0, 0.1) is 0 Å². The van der Waals surface area contributed by atoms with Crippen molar-refractivity contribution in [1.29, 1.82) is 0 Å². The Morgan fingerprint density at radius 3 is 2.05 bits per heavy atom. The molecule has 0 spiro atoms. The normalized spacial score (nSPS) is 10.6. The van der Waals surface area contributed by atoms with Crippen LogP contribution in [-0.4, -0.2) is 24.8 Å². The minimum Gasteiger partial charge on any atom is -0.383 e. The summed E-state index contributed by atoms with van der Waals surface area (Å²) >= 11 is 0. The summed E-state index contributed by atoms with van der Waals surface area (Å²) in [6.07, 6.45) is 3.34. The van der Waals surface area contributed by atoms with Gasteiger partial charge in [0.15, 0.2) is 5.78 Å². The molecule has 96 valence electrons. The predicted molar refractivity (Wildman–Crippen MR) is 79.0 cm³/mol. The maximum absolute atomic E-state index is 11.9. The van der Waals surface area contributed by atoms with Crippen LogP contribution in [0.15, 0.2) is 66.9 Å². The molecule has 0 saturated heterocycles. The zero-order valence-corrected chi connectivity index (χ0v) is 11.2. The predicted octanol–water partition coefficient (Wildman–Crippen LogP) is 3.61. The average Bonchev–Trinajstić information content (AvgIpc) is 2.46. The lowest BCUT2D eigenvalue weighted by atomic mass is 10.0. The first-order valence-corrected chi connectivity index (χ1v) is 6.21. The summed E-state index contributed by atoms with van der Waals surface area (Å²) in [5.74, 6) is 0.0216. The van der Waals surface area contributed by atoms with Gasteiger partial charge in [-0.05, 0) is 11.1 Å². The summed E-state index contributed by atoms with van der Waals surface area (Å²) in [5, 5.41) is 0. The molecule has 0 saturated carbocycles. The number of hydrogen-bond acceptors (Lipinski definition) is 2. The topological polar surface area (TPSA) is 20.3 Å². The molecule has 0 aliphatic rings. The highest BCUT2D eigenvalue weighted by Crippen LogP contribution is 2.19. The molecule has 2 aromatic carbocycles. The van der Waals surface area contributed by atoms with E-state index in [0.717, 1.165) is 11.1 Å². The van der Waals surface area contributed by atoms with Crippen LogP contribution in [0.4, 0.5) is 0 Å². The van der Waals surface area contributed by atoms with E-state index in [2.05, 4.69) is 12.1 Å². The highest BCUT2D eigenvalue weighted by atomic mass is 16.1. The van der Waals surface area contributed by atoms with Crippen molar-refractivity contribution in [3.8, 4) is 11.1 Å². The summed E-state index contributed by atoms with van der Waals surface area (Å²) < 4.78 is 0. The van der Waals surface area contributed by atoms with Crippen molar-refractivity contribution in [2.45, 2.75) is 0 Å². The molecule has 0 atom stereocenters. The molecule has 2 rings (SSSR count). The van der Waals surface area contributed by atoms with E-state index in [-0.39, 0.29) is 5.78 Å². The molecule has 2 nitrogen and oxygen atoms in total. The van der Waals surface area contributed by atoms with Crippen LogP contribution in [0.2, 0.25) is 0 Å². The van der Waals surface area contributed by atoms with Crippen LogP contribution >= 0.6 is 0 Å². The first-order valence-electron chi connectivity index (χ1n) is 6.21. The molecule has 0 bridgehead atoms. The Hall–Kier alpha value is -2.35. The standard InChI is InChI=1S/C17H17NO/c1-18(2)13-12-17(19)16-10-8-15(9-11-16)14-6-4-3-5-7-14/h3-13H,1-2H3/b13-12+. The number of ketones is 1. The van der Waals surface area contributed by atoms with Crippen LogP contribution in [0.25, 0.3) is 11.1 Å². The number of rotatable bonds is 4. The molecular weight excluding hydrogens is 234 g/mol. The summed E-state index contributed by atoms with van der Waals surface area (Å²) in [6, 6.07) is 17.8. The summed E-state index contributed by atoms with van der Waals surface area (Å²) in [5.41, 5.74) is 2.98. The highest BCUT2D eigenvalue weighted by Gasteiger charge is 2.02. The first-order chi connectivity index (χ1) is 9.16. The zero-order valence-electron chi connectivity index (χ0n) is 11.2. The van der Waals surface area contributed by atoms with Crippen LogP contribution < -0.4 is 0 Å². The second-order valence-corrected chi connectivity index (χ2v) is 4.59. The number of carbonyl (C=O) groups excluding carboxylic acids is 1. The van der Waals surface area contributed by atoms with E-state index < -0.39 is 0 Å². The Labute approximate surface area is 114 Å². The van der Waals surface area contributed by atoms with Gasteiger partial charge in [-0.15, -0.1) is 0 Å². The van der Waals surface area contributed by atoms with Gasteiger partial charge in [0.05, 0.1) is 0 Å². The molecule has 0 aliphatic carbocycles. The number of hydrogen-bond donors (Lipinski definition) is 0. The van der Waals surface area contributed by atoms with Gasteiger partial charge in [0, 0.05) is 31.9 Å². The SMILES string of the molecule is CN(C)/C=C/C(=O)c1ccc(-c2ccccc2)cc1. The fourth-order valence-electron chi connectivity index (χ4n) is 1.77. The molecule has 2 heteroatoms. The van der Waals surface area contributed by atoms with Crippen molar-refractivity contribution < 1.29 is 4.79 Å². The van der Waals surface area contributed by atoms with Crippen LogP contribution in [-0.2, 0) is 0 Å². The first kappa shape index (κ1) is 13.1. The maximum Gasteiger partial charge on any atom is 0.187 e. The Balaban J connectivity index is 2.17. The second-order valence-electron chi connectivity index (χ2n) is 4.59. The van der Waals surface area contributed by atoms with Crippen LogP contribution in [0.1, 0.15) is 10.4 Å². The monoisotopic (exact) mass is 251 g/mol. The number of allylic oxidation sites excluding steroid dienone is 1. The van der Waals surface area contributed by atoms with Gasteiger partial charge in [-0.1, -0.05) is 54.6 Å². The minimum atomic E-state index is 0.0216. The van der Waals surface area contributed by atoms with Gasteiger partial charge in [-0.25, -0.2) is 0 Å². The molecule has 0 aromatic heterocycles. The van der Waals surface area contributed by atoms with Crippen molar-refractivity contribution in [2.75, 3.05) is 14.1 Å². The summed E-state index contributed by atoms with van der Waals surface area (Å²) in [7, 11) is 3.78. The van der Waals surface area contributed by atoms with Crippen molar-refractivity contribution in [3.05, 3.63) is 72.4 Å². The van der Waals surface area contributed by atoms with Crippen LogP contribution in [0.3, 0.4) is 0 Å². The maximum atomic E-state index is 11.9. The molecule has 0 fully saturated rings. The van der Waals surface area contributed by atoms with Crippen molar-refractivity contribution in [2.24, 2.45) is 0 Å². The van der Waals surface area contributed by atoms with E-state index in [9.17, 15) is 4.79 Å². The van der Waals surface area contributed by atoms with E-state index in [4.69, 9.17) is 0 Å². The second kappa shape index (κ2) is 6.01. The van der Waals surface area contributed by atoms with Gasteiger partial charge in [-0.2, -0.15) is 0 Å². The lowest BCUT2D eigenvalue weighted by Crippen LogP contribution is -2.03. The third-order valence-electron chi connectivity index (χ3n) is 2.80. The Bertz CT molecular complexity index is 568. The molecule has 2 aromatic rings. The van der Waals surface area contributed by atoms with Gasteiger partial charge in [-0.3, -0.25) is 4.79 Å². The van der Waals surface area contributed by atoms with E-state index in [1.165, 1.54) is 0 Å². The lowest BCUT2D eigenvalue weighted by molar-refractivity contribution is 0.104. The Kier molecular flexibility index (Phi) is 4.14. The van der Waals surface area contributed by atoms with E-state index >= 15 is 0 Å². The van der Waals surface area contributed by atoms with Crippen molar-refractivity contribution in [1.82, 2.24) is 4.90 Å². The van der Waals surface area contributed by atoms with Crippen LogP contribution in [0.5, 0.6) is 0 Å². The third-order valence-corrected chi connectivity index (χ3v) is 2.80. The zero-order chi connectivity index (χ0) is 13.7. The molecule has 0 radical (unpaired) electrons. The largest absolute Gasteiger partial charge is 0.383 e. The molecule has 0 heterocycles. The van der Waals surface area contributed by atoms with E-state index in [1.807, 2.05) is 61.5 Å². The molecule has 19 heavy (non-hydrogen) atoms. The van der Waals surface area contributed by atoms with Gasteiger partial charge in [0.1, 0.15) is 0 Å². The van der Waals surface area contributed by atoms with Crippen molar-refractivity contribution in [3.63, 3.8) is 0 Å². The smallest absolute Gasteiger partial charge is 0.187 e. The number of nitrogens with zero attached hydrogens (tertiary/aromatic N) is 1. The molecule has 0 unspecified atom stereocenters. The molecule has 0 amide bonds. The highest BCUT2D eigenvalue weighted by molar-refractivity contribution is 6.04. The quantitative estimate of drug-likeness (QED) is 0.611. The Morgan fingerprint density at radius 1 is 0.895 bits per heavy atom. The van der Waals surface area contributed by atoms with Gasteiger partial charge in [0.25, 0.3) is 0 Å². The lowest BCUT2D eigenvalue weighted by Gasteiger charge is -2.04. The molecule has 0 N–H and O–H groups in total. The van der Waals surface area contributed by atoms with Gasteiger partial charge >= 0.3 is 0 Å². The van der Waals surface area contributed by atoms with E-state index in [0.29, 0.717) is 5.56 Å². The fraction of sp³-hybridized carbons (Fsp3) is 0.118. The minimum absolute atomic E-state index is 0.0216. The number of carbonyl (C=O) groups is 1. The summed E-state index contributed by atoms with van der Waals surface area (Å²) in [4.78, 5) is 13.7. The summed E-state index contributed by atoms with van der Waals surface area (Å²) in [6.45, 7) is 0. The third kappa shape index (κ3) is 3.55. The molecule has 0 aliphatic heterocycles.